The zero-order valence-electron chi connectivity index (χ0n) is 14.6. The number of halogens is 2. The lowest BCUT2D eigenvalue weighted by atomic mass is 10.0. The Morgan fingerprint density at radius 1 is 1.19 bits per heavy atom. The third-order valence-electron chi connectivity index (χ3n) is 4.91. The van der Waals surface area contributed by atoms with Crippen LogP contribution < -0.4 is 0 Å². The number of rotatable bonds is 3. The van der Waals surface area contributed by atoms with Crippen molar-refractivity contribution in [1.29, 1.82) is 0 Å². The van der Waals surface area contributed by atoms with Crippen molar-refractivity contribution in [2.45, 2.75) is 18.2 Å². The van der Waals surface area contributed by atoms with E-state index in [0.29, 0.717) is 13.1 Å². The van der Waals surface area contributed by atoms with E-state index in [-0.39, 0.29) is 31.2 Å². The normalized spacial score (nSPS) is 25.6. The number of hydrogen-bond donors (Lipinski definition) is 0. The van der Waals surface area contributed by atoms with Gasteiger partial charge in [0, 0.05) is 45.7 Å². The van der Waals surface area contributed by atoms with Crippen LogP contribution in [0.2, 0.25) is 0 Å². The minimum absolute atomic E-state index is 0.0547. The van der Waals surface area contributed by atoms with Gasteiger partial charge < -0.3 is 4.90 Å². The van der Waals surface area contributed by atoms with Gasteiger partial charge in [-0.1, -0.05) is 12.1 Å². The van der Waals surface area contributed by atoms with Gasteiger partial charge in [0.2, 0.25) is 15.9 Å². The van der Waals surface area contributed by atoms with E-state index < -0.39 is 32.9 Å². The van der Waals surface area contributed by atoms with E-state index in [2.05, 4.69) is 0 Å². The highest BCUT2D eigenvalue weighted by atomic mass is 32.2. The lowest BCUT2D eigenvalue weighted by molar-refractivity contribution is -0.129. The zero-order valence-corrected chi connectivity index (χ0v) is 15.4. The highest BCUT2D eigenvalue weighted by Crippen LogP contribution is 2.36. The molecule has 26 heavy (non-hydrogen) atoms. The Kier molecular flexibility index (Phi) is 5.29. The Hall–Kier alpha value is -1.62. The van der Waals surface area contributed by atoms with Gasteiger partial charge in [0.25, 0.3) is 0 Å². The number of carbonyl (C=O) groups excluding carboxylic acids is 1. The Morgan fingerprint density at radius 3 is 2.46 bits per heavy atom. The van der Waals surface area contributed by atoms with Gasteiger partial charge in [-0.05, 0) is 6.07 Å². The van der Waals surface area contributed by atoms with E-state index in [0.717, 1.165) is 6.07 Å². The van der Waals surface area contributed by atoms with Crippen molar-refractivity contribution in [3.05, 3.63) is 35.4 Å². The summed E-state index contributed by atoms with van der Waals surface area (Å²) in [5.41, 5.74) is -0.0547. The number of amides is 1. The molecule has 0 bridgehead atoms. The third kappa shape index (κ3) is 3.34. The quantitative estimate of drug-likeness (QED) is 0.763. The Balaban J connectivity index is 1.87. The molecular weight excluding hydrogens is 368 g/mol. The number of benzene rings is 1. The summed E-state index contributed by atoms with van der Waals surface area (Å²) in [6.45, 7) is 2.23. The summed E-state index contributed by atoms with van der Waals surface area (Å²) in [5.74, 6) is -2.21. The van der Waals surface area contributed by atoms with Crippen molar-refractivity contribution < 1.29 is 26.8 Å². The van der Waals surface area contributed by atoms with Crippen molar-refractivity contribution in [3.63, 3.8) is 0 Å². The van der Waals surface area contributed by atoms with E-state index in [4.69, 9.17) is 4.84 Å². The molecule has 0 radical (unpaired) electrons. The molecule has 10 heteroatoms. The molecule has 2 fully saturated rings. The molecule has 1 aromatic carbocycles. The average Bonchev–Trinajstić information content (AvgIpc) is 2.99. The Labute approximate surface area is 151 Å². The van der Waals surface area contributed by atoms with Gasteiger partial charge in [0.15, 0.2) is 11.6 Å². The van der Waals surface area contributed by atoms with Gasteiger partial charge in [-0.3, -0.25) is 9.63 Å². The molecule has 144 valence electrons. The molecule has 2 saturated heterocycles. The van der Waals surface area contributed by atoms with Crippen LogP contribution in [0.3, 0.4) is 0 Å². The molecule has 0 spiro atoms. The van der Waals surface area contributed by atoms with Crippen LogP contribution in [0.5, 0.6) is 0 Å². The SMILES string of the molecule is CC(=O)N1CCN(S(=O)(=O)C2CON(C)C2c2cccc(F)c2F)CC1. The van der Waals surface area contributed by atoms with Crippen molar-refractivity contribution in [3.8, 4) is 0 Å². The predicted octanol–water partition coefficient (Wildman–Crippen LogP) is 0.745. The molecule has 3 rings (SSSR count). The minimum Gasteiger partial charge on any atom is -0.340 e. The molecule has 2 aliphatic heterocycles. The molecular formula is C16H21F2N3O4S. The van der Waals surface area contributed by atoms with Crippen molar-refractivity contribution in [2.75, 3.05) is 39.8 Å². The summed E-state index contributed by atoms with van der Waals surface area (Å²) in [4.78, 5) is 18.3. The third-order valence-corrected chi connectivity index (χ3v) is 7.16. The summed E-state index contributed by atoms with van der Waals surface area (Å²) < 4.78 is 55.4. The van der Waals surface area contributed by atoms with E-state index in [9.17, 15) is 22.0 Å². The molecule has 1 aromatic rings. The van der Waals surface area contributed by atoms with Gasteiger partial charge in [-0.15, -0.1) is 0 Å². The average molecular weight is 389 g/mol. The van der Waals surface area contributed by atoms with Crippen LogP contribution in [0.25, 0.3) is 0 Å². The van der Waals surface area contributed by atoms with E-state index >= 15 is 0 Å². The lowest BCUT2D eigenvalue weighted by Gasteiger charge is -2.35. The van der Waals surface area contributed by atoms with Gasteiger partial charge in [-0.2, -0.15) is 9.37 Å². The van der Waals surface area contributed by atoms with Crippen LogP contribution in [0.4, 0.5) is 8.78 Å². The van der Waals surface area contributed by atoms with Gasteiger partial charge in [-0.25, -0.2) is 17.2 Å². The second-order valence-corrected chi connectivity index (χ2v) is 8.57. The predicted molar refractivity (Wildman–Crippen MR) is 89.3 cm³/mol. The summed E-state index contributed by atoms with van der Waals surface area (Å²) in [6, 6.07) is 2.74. The highest BCUT2D eigenvalue weighted by molar-refractivity contribution is 7.89. The van der Waals surface area contributed by atoms with E-state index in [1.54, 1.807) is 4.90 Å². The first-order valence-electron chi connectivity index (χ1n) is 8.27. The molecule has 0 N–H and O–H groups in total. The maximum Gasteiger partial charge on any atom is 0.221 e. The second kappa shape index (κ2) is 7.18. The number of hydroxylamine groups is 2. The van der Waals surface area contributed by atoms with Crippen molar-refractivity contribution in [2.24, 2.45) is 0 Å². The topological polar surface area (TPSA) is 70.2 Å². The smallest absolute Gasteiger partial charge is 0.221 e. The first kappa shape index (κ1) is 19.2. The lowest BCUT2D eigenvalue weighted by Crippen LogP contribution is -2.53. The van der Waals surface area contributed by atoms with E-state index in [1.807, 2.05) is 0 Å². The molecule has 2 atom stereocenters. The van der Waals surface area contributed by atoms with Crippen LogP contribution >= 0.6 is 0 Å². The van der Waals surface area contributed by atoms with Crippen LogP contribution in [0, 0.1) is 11.6 Å². The van der Waals surface area contributed by atoms with Gasteiger partial charge in [0.1, 0.15) is 5.25 Å². The molecule has 2 heterocycles. The Morgan fingerprint density at radius 2 is 1.85 bits per heavy atom. The van der Waals surface area contributed by atoms with Gasteiger partial charge in [0.05, 0.1) is 12.6 Å². The van der Waals surface area contributed by atoms with Crippen LogP contribution in [0.1, 0.15) is 18.5 Å². The maximum atomic E-state index is 14.3. The van der Waals surface area contributed by atoms with Crippen LogP contribution in [0.15, 0.2) is 18.2 Å². The Bertz CT molecular complexity index is 797. The number of piperazine rings is 1. The fourth-order valence-corrected chi connectivity index (χ4v) is 5.37. The number of hydrogen-bond acceptors (Lipinski definition) is 5. The fourth-order valence-electron chi connectivity index (χ4n) is 3.44. The summed E-state index contributed by atoms with van der Waals surface area (Å²) in [5, 5.41) is 0.194. The van der Waals surface area contributed by atoms with Crippen molar-refractivity contribution >= 4 is 15.9 Å². The zero-order chi connectivity index (χ0) is 19.1. The largest absolute Gasteiger partial charge is 0.340 e. The highest BCUT2D eigenvalue weighted by Gasteiger charge is 2.47. The monoisotopic (exact) mass is 389 g/mol. The first-order chi connectivity index (χ1) is 12.2. The molecule has 0 aromatic heterocycles. The number of carbonyl (C=O) groups is 1. The summed E-state index contributed by atoms with van der Waals surface area (Å²) in [6.07, 6.45) is 0. The molecule has 0 aliphatic carbocycles. The standard InChI is InChI=1S/C16H21F2N3O4S/c1-11(22)20-6-8-21(9-7-20)26(23,24)14-10-25-19(2)16(14)12-4-3-5-13(17)15(12)18/h3-5,14,16H,6-10H2,1-2H3. The summed E-state index contributed by atoms with van der Waals surface area (Å²) >= 11 is 0. The van der Waals surface area contributed by atoms with Crippen LogP contribution in [-0.2, 0) is 19.7 Å². The molecule has 2 aliphatic rings. The summed E-state index contributed by atoms with van der Waals surface area (Å²) in [7, 11) is -2.33. The molecule has 7 nitrogen and oxygen atoms in total. The number of nitrogens with zero attached hydrogens (tertiary/aromatic N) is 3. The van der Waals surface area contributed by atoms with Crippen LogP contribution in [-0.4, -0.2) is 73.7 Å². The first-order valence-corrected chi connectivity index (χ1v) is 9.78. The molecule has 0 saturated carbocycles. The molecule has 2 unspecified atom stereocenters. The van der Waals surface area contributed by atoms with Gasteiger partial charge >= 0.3 is 0 Å². The molecule has 1 amide bonds. The maximum absolute atomic E-state index is 14.3. The fraction of sp³-hybridized carbons (Fsp3) is 0.562. The van der Waals surface area contributed by atoms with E-state index in [1.165, 1.54) is 35.5 Å². The van der Waals surface area contributed by atoms with Crippen molar-refractivity contribution in [1.82, 2.24) is 14.3 Å². The second-order valence-electron chi connectivity index (χ2n) is 6.42. The number of sulfonamides is 1. The minimum atomic E-state index is -3.83.